The van der Waals surface area contributed by atoms with Gasteiger partial charge in [0.25, 0.3) is 0 Å². The van der Waals surface area contributed by atoms with Gasteiger partial charge in [-0.15, -0.1) is 0 Å². The molecule has 4 nitrogen and oxygen atoms in total. The number of nitrogens with one attached hydrogen (secondary N) is 2. The van der Waals surface area contributed by atoms with E-state index in [-0.39, 0.29) is 17.7 Å². The predicted molar refractivity (Wildman–Crippen MR) is 89.9 cm³/mol. The summed E-state index contributed by atoms with van der Waals surface area (Å²) in [6.07, 6.45) is 6.89. The second-order valence-corrected chi connectivity index (χ2v) is 6.15. The molecule has 0 atom stereocenters. The summed E-state index contributed by atoms with van der Waals surface area (Å²) in [6.45, 7) is 4.11. The number of aryl methyl sites for hydroxylation is 1. The van der Waals surface area contributed by atoms with Gasteiger partial charge in [-0.25, -0.2) is 0 Å². The average Bonchev–Trinajstić information content (AvgIpc) is 3.32. The molecule has 22 heavy (non-hydrogen) atoms. The molecular formula is C18H26N2O2. The number of anilines is 2. The van der Waals surface area contributed by atoms with E-state index >= 15 is 0 Å². The molecule has 2 N–H and O–H groups in total. The maximum atomic E-state index is 11.9. The van der Waals surface area contributed by atoms with Gasteiger partial charge in [0.2, 0.25) is 11.8 Å². The monoisotopic (exact) mass is 302 g/mol. The number of carbonyl (C=O) groups is 2. The molecular weight excluding hydrogens is 276 g/mol. The van der Waals surface area contributed by atoms with E-state index in [0.717, 1.165) is 42.6 Å². The van der Waals surface area contributed by atoms with Crippen molar-refractivity contribution in [3.63, 3.8) is 0 Å². The van der Waals surface area contributed by atoms with Gasteiger partial charge in [0.1, 0.15) is 0 Å². The van der Waals surface area contributed by atoms with Crippen LogP contribution in [0.15, 0.2) is 18.2 Å². The zero-order chi connectivity index (χ0) is 15.9. The Morgan fingerprint density at radius 3 is 2.59 bits per heavy atom. The number of amides is 2. The van der Waals surface area contributed by atoms with Gasteiger partial charge in [0.15, 0.2) is 0 Å². The van der Waals surface area contributed by atoms with Gasteiger partial charge in [-0.1, -0.05) is 32.3 Å². The van der Waals surface area contributed by atoms with Gasteiger partial charge >= 0.3 is 0 Å². The Kier molecular flexibility index (Phi) is 5.99. The van der Waals surface area contributed by atoms with Gasteiger partial charge in [0.05, 0.1) is 0 Å². The van der Waals surface area contributed by atoms with E-state index in [1.54, 1.807) is 0 Å². The van der Waals surface area contributed by atoms with Crippen LogP contribution in [0.1, 0.15) is 57.4 Å². The number of rotatable bonds is 8. The summed E-state index contributed by atoms with van der Waals surface area (Å²) in [4.78, 5) is 23.8. The Morgan fingerprint density at radius 2 is 1.91 bits per heavy atom. The Labute approximate surface area is 132 Å². The lowest BCUT2D eigenvalue weighted by Gasteiger charge is -2.11. The van der Waals surface area contributed by atoms with Crippen molar-refractivity contribution in [1.82, 2.24) is 0 Å². The summed E-state index contributed by atoms with van der Waals surface area (Å²) in [6, 6.07) is 5.65. The molecule has 0 heterocycles. The lowest BCUT2D eigenvalue weighted by molar-refractivity contribution is -0.117. The minimum atomic E-state index is 0.0411. The van der Waals surface area contributed by atoms with Crippen LogP contribution < -0.4 is 10.6 Å². The molecule has 0 bridgehead atoms. The first-order chi connectivity index (χ1) is 10.6. The number of hydrogen-bond acceptors (Lipinski definition) is 2. The minimum Gasteiger partial charge on any atom is -0.326 e. The van der Waals surface area contributed by atoms with Crippen LogP contribution in [-0.4, -0.2) is 11.8 Å². The third-order valence-electron chi connectivity index (χ3n) is 3.98. The molecule has 0 saturated heterocycles. The molecule has 1 aromatic carbocycles. The van der Waals surface area contributed by atoms with Crippen LogP contribution in [0.4, 0.5) is 11.4 Å². The summed E-state index contributed by atoms with van der Waals surface area (Å²) < 4.78 is 0. The molecule has 0 spiro atoms. The summed E-state index contributed by atoms with van der Waals surface area (Å²) in [5, 5.41) is 5.87. The predicted octanol–water partition coefficient (Wildman–Crippen LogP) is 4.25. The van der Waals surface area contributed by atoms with Crippen molar-refractivity contribution in [3.8, 4) is 0 Å². The average molecular weight is 302 g/mol. The van der Waals surface area contributed by atoms with Crippen LogP contribution in [-0.2, 0) is 9.59 Å². The van der Waals surface area contributed by atoms with Crippen LogP contribution in [0.5, 0.6) is 0 Å². The van der Waals surface area contributed by atoms with Crippen LogP contribution in [0.3, 0.4) is 0 Å². The van der Waals surface area contributed by atoms with Crippen LogP contribution in [0.25, 0.3) is 0 Å². The molecule has 0 radical (unpaired) electrons. The lowest BCUT2D eigenvalue weighted by atomic mass is 10.1. The molecule has 1 aliphatic carbocycles. The number of hydrogen-bond donors (Lipinski definition) is 2. The number of benzene rings is 1. The molecule has 2 amide bonds. The maximum absolute atomic E-state index is 11.9. The fourth-order valence-corrected chi connectivity index (χ4v) is 2.35. The highest BCUT2D eigenvalue weighted by molar-refractivity contribution is 5.96. The highest BCUT2D eigenvalue weighted by atomic mass is 16.2. The largest absolute Gasteiger partial charge is 0.326 e. The Morgan fingerprint density at radius 1 is 1.14 bits per heavy atom. The number of unbranched alkanes of at least 4 members (excludes halogenated alkanes) is 3. The molecule has 1 aliphatic rings. The van der Waals surface area contributed by atoms with Gasteiger partial charge in [-0.2, -0.15) is 0 Å². The van der Waals surface area contributed by atoms with E-state index in [4.69, 9.17) is 0 Å². The third kappa shape index (κ3) is 5.17. The molecule has 1 fully saturated rings. The van der Waals surface area contributed by atoms with Crippen molar-refractivity contribution in [2.45, 2.75) is 58.8 Å². The fraction of sp³-hybridized carbons (Fsp3) is 0.556. The summed E-state index contributed by atoms with van der Waals surface area (Å²) in [5.41, 5.74) is 2.55. The van der Waals surface area contributed by atoms with Crippen molar-refractivity contribution in [3.05, 3.63) is 23.8 Å². The molecule has 1 saturated carbocycles. The zero-order valence-corrected chi connectivity index (χ0v) is 13.6. The molecule has 0 unspecified atom stereocenters. The van der Waals surface area contributed by atoms with E-state index in [1.807, 2.05) is 25.1 Å². The van der Waals surface area contributed by atoms with Gasteiger partial charge in [-0.3, -0.25) is 9.59 Å². The van der Waals surface area contributed by atoms with Crippen molar-refractivity contribution in [2.75, 3.05) is 10.6 Å². The number of carbonyl (C=O) groups excluding carboxylic acids is 2. The summed E-state index contributed by atoms with van der Waals surface area (Å²) >= 11 is 0. The Hall–Kier alpha value is -1.84. The van der Waals surface area contributed by atoms with Crippen molar-refractivity contribution in [1.29, 1.82) is 0 Å². The van der Waals surface area contributed by atoms with Crippen molar-refractivity contribution < 1.29 is 9.59 Å². The van der Waals surface area contributed by atoms with E-state index in [2.05, 4.69) is 17.6 Å². The quantitative estimate of drug-likeness (QED) is 0.705. The van der Waals surface area contributed by atoms with E-state index < -0.39 is 0 Å². The molecule has 0 aliphatic heterocycles. The summed E-state index contributed by atoms with van der Waals surface area (Å²) in [5.74, 6) is 0.307. The van der Waals surface area contributed by atoms with Gasteiger partial charge in [0, 0.05) is 23.7 Å². The SMILES string of the molecule is CCCCCCC(=O)Nc1ccc(C)c(NC(=O)C2CC2)c1. The second-order valence-electron chi connectivity index (χ2n) is 6.15. The molecule has 0 aromatic heterocycles. The molecule has 2 rings (SSSR count). The van der Waals surface area contributed by atoms with Crippen LogP contribution >= 0.6 is 0 Å². The van der Waals surface area contributed by atoms with E-state index in [9.17, 15) is 9.59 Å². The minimum absolute atomic E-state index is 0.0411. The standard InChI is InChI=1S/C18H26N2O2/c1-3-4-5-6-7-17(21)19-15-11-8-13(2)16(12-15)20-18(22)14-9-10-14/h8,11-12,14H,3-7,9-10H2,1-2H3,(H,19,21)(H,20,22). The summed E-state index contributed by atoms with van der Waals surface area (Å²) in [7, 11) is 0. The lowest BCUT2D eigenvalue weighted by Crippen LogP contribution is -2.15. The fourth-order valence-electron chi connectivity index (χ4n) is 2.35. The van der Waals surface area contributed by atoms with Gasteiger partial charge < -0.3 is 10.6 Å². The third-order valence-corrected chi connectivity index (χ3v) is 3.98. The Balaban J connectivity index is 1.87. The smallest absolute Gasteiger partial charge is 0.227 e. The van der Waals surface area contributed by atoms with Crippen molar-refractivity contribution in [2.24, 2.45) is 5.92 Å². The molecule has 4 heteroatoms. The van der Waals surface area contributed by atoms with E-state index in [1.165, 1.54) is 12.8 Å². The molecule has 120 valence electrons. The normalized spacial score (nSPS) is 13.7. The maximum Gasteiger partial charge on any atom is 0.227 e. The van der Waals surface area contributed by atoms with Crippen LogP contribution in [0.2, 0.25) is 0 Å². The van der Waals surface area contributed by atoms with Crippen LogP contribution in [0, 0.1) is 12.8 Å². The highest BCUT2D eigenvalue weighted by Crippen LogP contribution is 2.31. The first-order valence-electron chi connectivity index (χ1n) is 8.31. The first kappa shape index (κ1) is 16.5. The highest BCUT2D eigenvalue weighted by Gasteiger charge is 2.29. The topological polar surface area (TPSA) is 58.2 Å². The van der Waals surface area contributed by atoms with Gasteiger partial charge in [-0.05, 0) is 43.9 Å². The van der Waals surface area contributed by atoms with E-state index in [0.29, 0.717) is 6.42 Å². The zero-order valence-electron chi connectivity index (χ0n) is 13.6. The second kappa shape index (κ2) is 7.97. The molecule has 1 aromatic rings. The Bertz CT molecular complexity index is 536. The first-order valence-corrected chi connectivity index (χ1v) is 8.31. The van der Waals surface area contributed by atoms with Crippen molar-refractivity contribution >= 4 is 23.2 Å².